The minimum atomic E-state index is 0.128. The van der Waals surface area contributed by atoms with Crippen LogP contribution in [0.2, 0.25) is 0 Å². The maximum atomic E-state index is 11.7. The van der Waals surface area contributed by atoms with E-state index < -0.39 is 0 Å². The maximum absolute atomic E-state index is 11.7. The predicted molar refractivity (Wildman–Crippen MR) is 54.4 cm³/mol. The molecule has 2 rings (SSSR count). The fourth-order valence-corrected chi connectivity index (χ4v) is 1.71. The minimum absolute atomic E-state index is 0.128. The van der Waals surface area contributed by atoms with Crippen LogP contribution in [0.3, 0.4) is 0 Å². The lowest BCUT2D eigenvalue weighted by molar-refractivity contribution is -0.121. The third-order valence-electron chi connectivity index (χ3n) is 2.55. The van der Waals surface area contributed by atoms with Crippen molar-refractivity contribution in [2.24, 2.45) is 5.92 Å². The third-order valence-corrected chi connectivity index (χ3v) is 2.55. The molecule has 2 N–H and O–H groups in total. The molecular weight excluding hydrogens is 178 g/mol. The van der Waals surface area contributed by atoms with Gasteiger partial charge in [0, 0.05) is 18.3 Å². The van der Waals surface area contributed by atoms with E-state index in [1.54, 1.807) is 4.68 Å². The summed E-state index contributed by atoms with van der Waals surface area (Å²) in [4.78, 5) is 11.7. The highest BCUT2D eigenvalue weighted by atomic mass is 16.2. The van der Waals surface area contributed by atoms with Gasteiger partial charge in [-0.2, -0.15) is 0 Å². The van der Waals surface area contributed by atoms with E-state index in [2.05, 4.69) is 10.7 Å². The lowest BCUT2D eigenvalue weighted by Crippen LogP contribution is -2.36. The van der Waals surface area contributed by atoms with Crippen LogP contribution in [0.1, 0.15) is 12.8 Å². The molecule has 4 nitrogen and oxygen atoms in total. The lowest BCUT2D eigenvalue weighted by atomic mass is 9.98. The predicted octanol–water partition coefficient (Wildman–Crippen LogP) is 0.558. The highest BCUT2D eigenvalue weighted by molar-refractivity contribution is 5.86. The number of nitrogens with one attached hydrogen (secondary N) is 2. The maximum Gasteiger partial charge on any atom is 0.241 e. The normalized spacial score (nSPS) is 18.0. The van der Waals surface area contributed by atoms with E-state index >= 15 is 0 Å². The minimum Gasteiger partial charge on any atom is -0.317 e. The SMILES string of the molecule is O=C(Nn1cccc1)C1CCNCC1. The lowest BCUT2D eigenvalue weighted by Gasteiger charge is -2.21. The Bertz CT molecular complexity index is 288. The van der Waals surface area contributed by atoms with Crippen LogP contribution in [0.15, 0.2) is 24.5 Å². The molecule has 0 radical (unpaired) electrons. The van der Waals surface area contributed by atoms with Gasteiger partial charge in [-0.15, -0.1) is 0 Å². The van der Waals surface area contributed by atoms with E-state index in [-0.39, 0.29) is 11.8 Å². The molecule has 0 spiro atoms. The number of hydrogen-bond acceptors (Lipinski definition) is 2. The first kappa shape index (κ1) is 9.27. The number of hydrogen-bond donors (Lipinski definition) is 2. The number of nitrogens with zero attached hydrogens (tertiary/aromatic N) is 1. The third kappa shape index (κ3) is 2.14. The number of carbonyl (C=O) groups excluding carboxylic acids is 1. The molecular formula is C10H15N3O. The van der Waals surface area contributed by atoms with Crippen LogP contribution in [-0.4, -0.2) is 23.7 Å². The number of rotatable bonds is 2. The Morgan fingerprint density at radius 2 is 1.93 bits per heavy atom. The molecule has 1 aliphatic heterocycles. The first-order chi connectivity index (χ1) is 6.86. The number of piperidine rings is 1. The van der Waals surface area contributed by atoms with Crippen molar-refractivity contribution in [1.82, 2.24) is 9.99 Å². The topological polar surface area (TPSA) is 46.1 Å². The van der Waals surface area contributed by atoms with Crippen LogP contribution < -0.4 is 10.7 Å². The van der Waals surface area contributed by atoms with Crippen molar-refractivity contribution in [2.75, 3.05) is 18.5 Å². The van der Waals surface area contributed by atoms with E-state index in [9.17, 15) is 4.79 Å². The fourth-order valence-electron chi connectivity index (χ4n) is 1.71. The summed E-state index contributed by atoms with van der Waals surface area (Å²) in [6, 6.07) is 3.78. The van der Waals surface area contributed by atoms with E-state index in [0.29, 0.717) is 0 Å². The van der Waals surface area contributed by atoms with Gasteiger partial charge in [0.1, 0.15) is 0 Å². The Morgan fingerprint density at radius 1 is 1.29 bits per heavy atom. The standard InChI is InChI=1S/C10H15N3O/c14-10(9-3-5-11-6-4-9)12-13-7-1-2-8-13/h1-2,7-9,11H,3-6H2,(H,12,14). The van der Waals surface area contributed by atoms with Gasteiger partial charge in [-0.05, 0) is 38.1 Å². The van der Waals surface area contributed by atoms with Gasteiger partial charge in [0.2, 0.25) is 5.91 Å². The fraction of sp³-hybridized carbons (Fsp3) is 0.500. The molecule has 1 saturated heterocycles. The molecule has 1 fully saturated rings. The van der Waals surface area contributed by atoms with Gasteiger partial charge in [0.05, 0.1) is 0 Å². The second-order valence-corrected chi connectivity index (χ2v) is 3.59. The molecule has 0 unspecified atom stereocenters. The highest BCUT2D eigenvalue weighted by Gasteiger charge is 2.20. The van der Waals surface area contributed by atoms with E-state index in [0.717, 1.165) is 25.9 Å². The molecule has 0 bridgehead atoms. The molecule has 1 aromatic heterocycles. The number of aromatic nitrogens is 1. The molecule has 4 heteroatoms. The highest BCUT2D eigenvalue weighted by Crippen LogP contribution is 2.11. The first-order valence-corrected chi connectivity index (χ1v) is 5.01. The van der Waals surface area contributed by atoms with E-state index in [1.165, 1.54) is 0 Å². The summed E-state index contributed by atoms with van der Waals surface area (Å²) >= 11 is 0. The van der Waals surface area contributed by atoms with Gasteiger partial charge in [-0.1, -0.05) is 0 Å². The molecule has 1 amide bonds. The molecule has 76 valence electrons. The van der Waals surface area contributed by atoms with Gasteiger partial charge in [-0.25, -0.2) is 0 Å². The summed E-state index contributed by atoms with van der Waals surface area (Å²) < 4.78 is 1.70. The first-order valence-electron chi connectivity index (χ1n) is 5.01. The molecule has 0 aliphatic carbocycles. The van der Waals surface area contributed by atoms with Crippen molar-refractivity contribution < 1.29 is 4.79 Å². The average Bonchev–Trinajstić information content (AvgIpc) is 2.72. The second kappa shape index (κ2) is 4.28. The Hall–Kier alpha value is -1.29. The van der Waals surface area contributed by atoms with Crippen molar-refractivity contribution in [3.63, 3.8) is 0 Å². The Balaban J connectivity index is 1.88. The zero-order valence-corrected chi connectivity index (χ0v) is 8.07. The van der Waals surface area contributed by atoms with Crippen molar-refractivity contribution in [2.45, 2.75) is 12.8 Å². The summed E-state index contributed by atoms with van der Waals surface area (Å²) in [6.07, 6.45) is 5.54. The van der Waals surface area contributed by atoms with Crippen molar-refractivity contribution in [3.8, 4) is 0 Å². The summed E-state index contributed by atoms with van der Waals surface area (Å²) in [5.41, 5.74) is 2.84. The Kier molecular flexibility index (Phi) is 2.84. The van der Waals surface area contributed by atoms with E-state index in [1.807, 2.05) is 24.5 Å². The Labute approximate surface area is 83.3 Å². The molecule has 0 saturated carbocycles. The molecule has 0 atom stereocenters. The number of carbonyl (C=O) groups is 1. The van der Waals surface area contributed by atoms with E-state index in [4.69, 9.17) is 0 Å². The smallest absolute Gasteiger partial charge is 0.241 e. The summed E-state index contributed by atoms with van der Waals surface area (Å²) in [6.45, 7) is 1.90. The quantitative estimate of drug-likeness (QED) is 0.721. The van der Waals surface area contributed by atoms with Crippen molar-refractivity contribution in [1.29, 1.82) is 0 Å². The zero-order valence-electron chi connectivity index (χ0n) is 8.07. The van der Waals surface area contributed by atoms with Crippen LogP contribution in [-0.2, 0) is 4.79 Å². The number of amides is 1. The van der Waals surface area contributed by atoms with Crippen LogP contribution in [0.25, 0.3) is 0 Å². The summed E-state index contributed by atoms with van der Waals surface area (Å²) in [5.74, 6) is 0.293. The van der Waals surface area contributed by atoms with Gasteiger partial charge >= 0.3 is 0 Å². The molecule has 2 heterocycles. The molecule has 14 heavy (non-hydrogen) atoms. The molecule has 1 aromatic rings. The summed E-state index contributed by atoms with van der Waals surface area (Å²) in [5, 5.41) is 3.24. The van der Waals surface area contributed by atoms with Crippen molar-refractivity contribution >= 4 is 5.91 Å². The Morgan fingerprint density at radius 3 is 2.57 bits per heavy atom. The van der Waals surface area contributed by atoms with Crippen LogP contribution in [0.5, 0.6) is 0 Å². The largest absolute Gasteiger partial charge is 0.317 e. The van der Waals surface area contributed by atoms with Crippen molar-refractivity contribution in [3.05, 3.63) is 24.5 Å². The molecule has 1 aliphatic rings. The van der Waals surface area contributed by atoms with Crippen LogP contribution >= 0.6 is 0 Å². The molecule has 0 aromatic carbocycles. The van der Waals surface area contributed by atoms with Crippen LogP contribution in [0.4, 0.5) is 0 Å². The van der Waals surface area contributed by atoms with Gasteiger partial charge in [0.15, 0.2) is 0 Å². The summed E-state index contributed by atoms with van der Waals surface area (Å²) in [7, 11) is 0. The van der Waals surface area contributed by atoms with Gasteiger partial charge in [0.25, 0.3) is 0 Å². The van der Waals surface area contributed by atoms with Crippen LogP contribution in [0, 0.1) is 5.92 Å². The average molecular weight is 193 g/mol. The van der Waals surface area contributed by atoms with Gasteiger partial charge in [-0.3, -0.25) is 14.9 Å². The zero-order chi connectivity index (χ0) is 9.80. The monoisotopic (exact) mass is 193 g/mol. The second-order valence-electron chi connectivity index (χ2n) is 3.59. The van der Waals surface area contributed by atoms with Gasteiger partial charge < -0.3 is 5.32 Å².